The second-order valence-electron chi connectivity index (χ2n) is 2.80. The number of hydrogen-bond acceptors (Lipinski definition) is 2. The molecule has 13 heavy (non-hydrogen) atoms. The second kappa shape index (κ2) is 5.60. The number of aryl methyl sites for hydroxylation is 1. The molecule has 74 valence electrons. The van der Waals surface area contributed by atoms with E-state index < -0.39 is 0 Å². The molecule has 3 N–H and O–H groups in total. The van der Waals surface area contributed by atoms with Crippen LogP contribution in [0.15, 0.2) is 22.7 Å². The van der Waals surface area contributed by atoms with Gasteiger partial charge in [-0.05, 0) is 24.1 Å². The third kappa shape index (κ3) is 3.27. The van der Waals surface area contributed by atoms with Gasteiger partial charge >= 0.3 is 0 Å². The molecule has 1 atom stereocenters. The average Bonchev–Trinajstić information content (AvgIpc) is 2.08. The zero-order chi connectivity index (χ0) is 9.14. The summed E-state index contributed by atoms with van der Waals surface area (Å²) in [6.07, 6.45) is 0. The Morgan fingerprint density at radius 3 is 2.62 bits per heavy atom. The first-order chi connectivity index (χ1) is 5.65. The Kier molecular flexibility index (Phi) is 5.56. The second-order valence-corrected chi connectivity index (χ2v) is 3.65. The number of hydrogen-bond donors (Lipinski definition) is 2. The van der Waals surface area contributed by atoms with Crippen molar-refractivity contribution in [3.05, 3.63) is 33.8 Å². The highest BCUT2D eigenvalue weighted by Gasteiger charge is 2.04. The van der Waals surface area contributed by atoms with Gasteiger partial charge in [-0.25, -0.2) is 0 Å². The molecule has 4 heteroatoms. The normalized spacial score (nSPS) is 12.0. The van der Waals surface area contributed by atoms with Gasteiger partial charge < -0.3 is 10.8 Å². The first-order valence-corrected chi connectivity index (χ1v) is 4.57. The Morgan fingerprint density at radius 1 is 1.54 bits per heavy atom. The van der Waals surface area contributed by atoms with E-state index in [2.05, 4.69) is 15.9 Å². The molecule has 1 rings (SSSR count). The molecule has 1 aromatic rings. The lowest BCUT2D eigenvalue weighted by atomic mass is 10.1. The minimum atomic E-state index is -0.276. The van der Waals surface area contributed by atoms with Crippen LogP contribution in [0.4, 0.5) is 0 Å². The van der Waals surface area contributed by atoms with E-state index in [1.54, 1.807) is 0 Å². The van der Waals surface area contributed by atoms with E-state index in [9.17, 15) is 0 Å². The standard InChI is InChI=1S/C9H12BrNO.ClH/c1-6-2-3-7(4-8(6)10)9(11)5-12;/h2-4,9,12H,5,11H2,1H3;1H/t9-;/m0./s1. The van der Waals surface area contributed by atoms with E-state index in [4.69, 9.17) is 10.8 Å². The summed E-state index contributed by atoms with van der Waals surface area (Å²) >= 11 is 3.41. The first kappa shape index (κ1) is 12.9. The molecule has 0 aliphatic heterocycles. The fraction of sp³-hybridized carbons (Fsp3) is 0.333. The van der Waals surface area contributed by atoms with Crippen molar-refractivity contribution in [2.45, 2.75) is 13.0 Å². The third-order valence-corrected chi connectivity index (χ3v) is 2.68. The molecule has 0 amide bonds. The zero-order valence-electron chi connectivity index (χ0n) is 7.33. The van der Waals surface area contributed by atoms with Crippen LogP contribution in [-0.4, -0.2) is 11.7 Å². The van der Waals surface area contributed by atoms with Crippen molar-refractivity contribution in [2.75, 3.05) is 6.61 Å². The predicted molar refractivity (Wildman–Crippen MR) is 60.1 cm³/mol. The molecule has 0 bridgehead atoms. The lowest BCUT2D eigenvalue weighted by Gasteiger charge is -2.09. The number of benzene rings is 1. The van der Waals surface area contributed by atoms with E-state index in [-0.39, 0.29) is 25.1 Å². The molecule has 0 saturated carbocycles. The lowest BCUT2D eigenvalue weighted by molar-refractivity contribution is 0.268. The van der Waals surface area contributed by atoms with Gasteiger partial charge in [-0.15, -0.1) is 12.4 Å². The minimum Gasteiger partial charge on any atom is -0.394 e. The first-order valence-electron chi connectivity index (χ1n) is 3.77. The highest BCUT2D eigenvalue weighted by atomic mass is 79.9. The van der Waals surface area contributed by atoms with Gasteiger partial charge in [0, 0.05) is 4.47 Å². The smallest absolute Gasteiger partial charge is 0.0624 e. The summed E-state index contributed by atoms with van der Waals surface area (Å²) in [6.45, 7) is 1.99. The summed E-state index contributed by atoms with van der Waals surface area (Å²) in [4.78, 5) is 0. The molecular weight excluding hydrogens is 253 g/mol. The van der Waals surface area contributed by atoms with Crippen molar-refractivity contribution in [3.63, 3.8) is 0 Å². The SMILES string of the molecule is Cc1ccc([C@@H](N)CO)cc1Br.Cl. The van der Waals surface area contributed by atoms with Crippen molar-refractivity contribution >= 4 is 28.3 Å². The number of nitrogens with two attached hydrogens (primary N) is 1. The van der Waals surface area contributed by atoms with E-state index in [1.165, 1.54) is 5.56 Å². The maximum Gasteiger partial charge on any atom is 0.0624 e. The van der Waals surface area contributed by atoms with Gasteiger partial charge in [0.25, 0.3) is 0 Å². The lowest BCUT2D eigenvalue weighted by Crippen LogP contribution is -2.14. The summed E-state index contributed by atoms with van der Waals surface area (Å²) in [5.74, 6) is 0. The minimum absolute atomic E-state index is 0. The Balaban J connectivity index is 0.00000144. The quantitative estimate of drug-likeness (QED) is 0.862. The van der Waals surface area contributed by atoms with Crippen molar-refractivity contribution < 1.29 is 5.11 Å². The van der Waals surface area contributed by atoms with Crippen LogP contribution in [0.5, 0.6) is 0 Å². The van der Waals surface area contributed by atoms with Crippen LogP contribution in [-0.2, 0) is 0 Å². The summed E-state index contributed by atoms with van der Waals surface area (Å²) in [6, 6.07) is 5.58. The molecule has 0 aliphatic carbocycles. The highest BCUT2D eigenvalue weighted by molar-refractivity contribution is 9.10. The molecule has 0 radical (unpaired) electrons. The van der Waals surface area contributed by atoms with Gasteiger partial charge in [0.15, 0.2) is 0 Å². The van der Waals surface area contributed by atoms with Crippen LogP contribution in [0.1, 0.15) is 17.2 Å². The van der Waals surface area contributed by atoms with E-state index in [0.717, 1.165) is 10.0 Å². The average molecular weight is 267 g/mol. The van der Waals surface area contributed by atoms with Crippen LogP contribution in [0.3, 0.4) is 0 Å². The third-order valence-electron chi connectivity index (χ3n) is 1.82. The van der Waals surface area contributed by atoms with Crippen LogP contribution >= 0.6 is 28.3 Å². The summed E-state index contributed by atoms with van der Waals surface area (Å²) in [5, 5.41) is 8.81. The molecule has 0 aliphatic rings. The summed E-state index contributed by atoms with van der Waals surface area (Å²) in [7, 11) is 0. The molecule has 1 aromatic carbocycles. The van der Waals surface area contributed by atoms with E-state index >= 15 is 0 Å². The van der Waals surface area contributed by atoms with Gasteiger partial charge in [0.1, 0.15) is 0 Å². The molecular formula is C9H13BrClNO. The van der Waals surface area contributed by atoms with E-state index in [0.29, 0.717) is 0 Å². The molecule has 2 nitrogen and oxygen atoms in total. The van der Waals surface area contributed by atoms with Gasteiger partial charge in [0.2, 0.25) is 0 Å². The Hall–Kier alpha value is -0.0900. The van der Waals surface area contributed by atoms with Gasteiger partial charge in [-0.3, -0.25) is 0 Å². The van der Waals surface area contributed by atoms with Crippen molar-refractivity contribution in [1.29, 1.82) is 0 Å². The maximum atomic E-state index is 8.81. The fourth-order valence-corrected chi connectivity index (χ4v) is 1.34. The fourth-order valence-electron chi connectivity index (χ4n) is 0.945. The zero-order valence-corrected chi connectivity index (χ0v) is 9.73. The Morgan fingerprint density at radius 2 is 2.15 bits per heavy atom. The summed E-state index contributed by atoms with van der Waals surface area (Å²) in [5.41, 5.74) is 7.77. The topological polar surface area (TPSA) is 46.2 Å². The van der Waals surface area contributed by atoms with Gasteiger partial charge in [-0.2, -0.15) is 0 Å². The Bertz CT molecular complexity index is 280. The molecule has 0 unspecified atom stereocenters. The number of rotatable bonds is 2. The monoisotopic (exact) mass is 265 g/mol. The van der Waals surface area contributed by atoms with Crippen molar-refractivity contribution in [1.82, 2.24) is 0 Å². The predicted octanol–water partition coefficient (Wildman–Crippen LogP) is 2.17. The number of halogens is 2. The van der Waals surface area contributed by atoms with Gasteiger partial charge in [0.05, 0.1) is 12.6 Å². The largest absolute Gasteiger partial charge is 0.394 e. The maximum absolute atomic E-state index is 8.81. The van der Waals surface area contributed by atoms with Gasteiger partial charge in [-0.1, -0.05) is 28.1 Å². The number of aliphatic hydroxyl groups is 1. The summed E-state index contributed by atoms with van der Waals surface area (Å²) < 4.78 is 1.03. The molecule has 0 heterocycles. The molecule has 0 spiro atoms. The molecule has 0 saturated heterocycles. The molecule has 0 fully saturated rings. The highest BCUT2D eigenvalue weighted by Crippen LogP contribution is 2.20. The van der Waals surface area contributed by atoms with Crippen LogP contribution in [0.25, 0.3) is 0 Å². The van der Waals surface area contributed by atoms with Crippen LogP contribution in [0.2, 0.25) is 0 Å². The van der Waals surface area contributed by atoms with Crippen molar-refractivity contribution in [3.8, 4) is 0 Å². The van der Waals surface area contributed by atoms with E-state index in [1.807, 2.05) is 25.1 Å². The Labute approximate surface area is 92.7 Å². The number of aliphatic hydroxyl groups excluding tert-OH is 1. The van der Waals surface area contributed by atoms with Crippen LogP contribution < -0.4 is 5.73 Å². The molecule has 0 aromatic heterocycles. The van der Waals surface area contributed by atoms with Crippen LogP contribution in [0, 0.1) is 6.92 Å². The van der Waals surface area contributed by atoms with Crippen molar-refractivity contribution in [2.24, 2.45) is 5.73 Å².